The summed E-state index contributed by atoms with van der Waals surface area (Å²) < 4.78 is 296. The largest absolute Gasteiger partial charge is 0.508 e. The molecule has 334 valence electrons. The van der Waals surface area contributed by atoms with E-state index in [1.165, 1.54) is 0 Å². The van der Waals surface area contributed by atoms with Crippen molar-refractivity contribution >= 4 is 38.9 Å². The molecule has 0 spiro atoms. The third kappa shape index (κ3) is 7.03. The van der Waals surface area contributed by atoms with Gasteiger partial charge in [-0.1, -0.05) is 30.3 Å². The van der Waals surface area contributed by atoms with Crippen LogP contribution in [0.25, 0.3) is 10.9 Å². The van der Waals surface area contributed by atoms with Crippen molar-refractivity contribution in [2.75, 3.05) is 0 Å². The van der Waals surface area contributed by atoms with E-state index in [9.17, 15) is 62.9 Å². The minimum Gasteiger partial charge on any atom is -0.508 e. The zero-order valence-corrected chi connectivity index (χ0v) is 30.5. The van der Waals surface area contributed by atoms with Crippen molar-refractivity contribution in [1.29, 1.82) is 0 Å². The molecular weight excluding hydrogens is 917 g/mol. The zero-order chi connectivity index (χ0) is 47.6. The van der Waals surface area contributed by atoms with Gasteiger partial charge in [-0.2, -0.15) is 4.57 Å². The second-order valence-corrected chi connectivity index (χ2v) is 13.3. The summed E-state index contributed by atoms with van der Waals surface area (Å²) in [6.45, 7) is 0.592. The average Bonchev–Trinajstić information content (AvgIpc) is 3.27. The van der Waals surface area contributed by atoms with Gasteiger partial charge < -0.3 is 10.2 Å². The van der Waals surface area contributed by atoms with Gasteiger partial charge in [0.15, 0.2) is 76.4 Å². The van der Waals surface area contributed by atoms with Crippen molar-refractivity contribution in [2.45, 2.75) is 6.54 Å². The Morgan fingerprint density at radius 1 is 0.344 bits per heavy atom. The van der Waals surface area contributed by atoms with Gasteiger partial charge in [-0.05, 0) is 18.2 Å². The molecule has 1 aromatic heterocycles. The summed E-state index contributed by atoms with van der Waals surface area (Å²) in [4.78, 5) is 0. The van der Waals surface area contributed by atoms with Crippen molar-refractivity contribution in [3.63, 3.8) is 0 Å². The molecule has 0 aliphatic carbocycles. The predicted molar refractivity (Wildman–Crippen MR) is 182 cm³/mol. The van der Waals surface area contributed by atoms with E-state index in [4.69, 9.17) is 0 Å². The fourth-order valence-electron chi connectivity index (χ4n) is 7.11. The standard InChI is InChI=1S/C24BF20.C16H13NO2/c26-5-1(6(27)14(35)21(42)13(5)34)25(2-7(28)15(36)22(43)16(37)8(2)29,3-9(30)17(38)23(44)18(39)10(3)31)4-11(32)19(40)24(45)20(41)12(4)33;18-14-7-8-15-13(10-14)6-9-16(19)17(15)11-12-4-2-1-3-5-12/h;1-10,18H,11H2/q-1;/p+1. The van der Waals surface area contributed by atoms with Gasteiger partial charge in [0, 0.05) is 11.6 Å². The molecule has 0 saturated heterocycles. The third-order valence-electron chi connectivity index (χ3n) is 9.88. The van der Waals surface area contributed by atoms with Gasteiger partial charge in [-0.15, -0.1) is 21.9 Å². The van der Waals surface area contributed by atoms with Crippen LogP contribution >= 0.6 is 0 Å². The number of phenols is 1. The lowest BCUT2D eigenvalue weighted by atomic mass is 9.12. The highest BCUT2D eigenvalue weighted by Gasteiger charge is 2.52. The fourth-order valence-corrected chi connectivity index (χ4v) is 7.11. The van der Waals surface area contributed by atoms with Crippen LogP contribution in [0, 0.1) is 116 Å². The van der Waals surface area contributed by atoms with Gasteiger partial charge in [0.1, 0.15) is 58.4 Å². The van der Waals surface area contributed by atoms with Gasteiger partial charge in [-0.25, -0.2) is 87.8 Å². The number of aromatic nitrogens is 1. The van der Waals surface area contributed by atoms with E-state index in [1.807, 2.05) is 41.0 Å². The summed E-state index contributed by atoms with van der Waals surface area (Å²) >= 11 is 0. The first-order valence-electron chi connectivity index (χ1n) is 17.1. The molecule has 0 atom stereocenters. The Balaban J connectivity index is 0.000000295. The van der Waals surface area contributed by atoms with Crippen LogP contribution in [0.1, 0.15) is 5.56 Å². The van der Waals surface area contributed by atoms with Crippen LogP contribution in [0.2, 0.25) is 0 Å². The summed E-state index contributed by atoms with van der Waals surface area (Å²) in [7, 11) is 0. The molecule has 6 aromatic carbocycles. The second kappa shape index (κ2) is 16.9. The second-order valence-electron chi connectivity index (χ2n) is 13.3. The molecule has 0 saturated carbocycles. The van der Waals surface area contributed by atoms with Crippen molar-refractivity contribution in [3.8, 4) is 11.6 Å². The number of hydrogen-bond donors (Lipinski definition) is 2. The molecule has 3 nitrogen and oxygen atoms in total. The van der Waals surface area contributed by atoms with E-state index in [2.05, 4.69) is 0 Å². The van der Waals surface area contributed by atoms with Crippen molar-refractivity contribution in [1.82, 2.24) is 0 Å². The summed E-state index contributed by atoms with van der Waals surface area (Å²) in [6.07, 6.45) is -7.22. The van der Waals surface area contributed by atoms with Gasteiger partial charge in [0.05, 0.1) is 11.5 Å². The molecular formula is C40H14BF20NO2. The van der Waals surface area contributed by atoms with Crippen LogP contribution in [0.3, 0.4) is 0 Å². The van der Waals surface area contributed by atoms with E-state index in [0.29, 0.717) is 6.54 Å². The molecule has 0 aliphatic heterocycles. The molecule has 7 aromatic rings. The maximum atomic E-state index is 15.4. The maximum Gasteiger partial charge on any atom is 0.366 e. The molecule has 0 unspecified atom stereocenters. The number of pyridine rings is 1. The Morgan fingerprint density at radius 2 is 0.641 bits per heavy atom. The third-order valence-corrected chi connectivity index (χ3v) is 9.88. The lowest BCUT2D eigenvalue weighted by Crippen LogP contribution is -2.81. The number of halogens is 20. The first-order valence-corrected chi connectivity index (χ1v) is 17.1. The minimum absolute atomic E-state index is 0.210. The SMILES string of the molecule is Fc1c(F)c(F)c([B-](c2c(F)c(F)c(F)c(F)c2F)(c2c(F)c(F)c(F)c(F)c2F)c2c(F)c(F)c(F)c(F)c2F)c(F)c1F.Oc1ccc2c(ccc(O)[n+]2Cc2ccccc2)c1. The Kier molecular flexibility index (Phi) is 12.3. The lowest BCUT2D eigenvalue weighted by Gasteiger charge is -2.44. The van der Waals surface area contributed by atoms with Crippen LogP contribution in [0.4, 0.5) is 87.8 Å². The van der Waals surface area contributed by atoms with Crippen LogP contribution < -0.4 is 26.4 Å². The monoisotopic (exact) mass is 931 g/mol. The van der Waals surface area contributed by atoms with Crippen LogP contribution in [0.5, 0.6) is 11.6 Å². The summed E-state index contributed by atoms with van der Waals surface area (Å²) in [5.41, 5.74) is -12.3. The molecule has 7 rings (SSSR count). The van der Waals surface area contributed by atoms with Crippen LogP contribution in [0.15, 0.2) is 60.7 Å². The highest BCUT2D eigenvalue weighted by atomic mass is 19.2. The molecule has 0 aliphatic rings. The Labute approximate surface area is 342 Å². The Bertz CT molecular complexity index is 2680. The molecule has 1 heterocycles. The van der Waals surface area contributed by atoms with E-state index in [0.717, 1.165) is 16.5 Å². The Morgan fingerprint density at radius 3 is 0.953 bits per heavy atom. The summed E-state index contributed by atoms with van der Waals surface area (Å²) in [5, 5.41) is 20.4. The van der Waals surface area contributed by atoms with E-state index in [1.54, 1.807) is 24.3 Å². The highest BCUT2D eigenvalue weighted by molar-refractivity contribution is 7.20. The van der Waals surface area contributed by atoms with Crippen molar-refractivity contribution in [3.05, 3.63) is 183 Å². The number of nitrogens with zero attached hydrogens (tertiary/aromatic N) is 1. The van der Waals surface area contributed by atoms with Crippen LogP contribution in [-0.2, 0) is 6.54 Å². The van der Waals surface area contributed by atoms with E-state index >= 15 is 35.1 Å². The normalized spacial score (nSPS) is 11.6. The topological polar surface area (TPSA) is 44.3 Å². The molecule has 0 radical (unpaired) electrons. The number of hydrogen-bond acceptors (Lipinski definition) is 2. The number of aromatic hydroxyl groups is 2. The maximum absolute atomic E-state index is 15.4. The fraction of sp³-hybridized carbons (Fsp3) is 0.0250. The lowest BCUT2D eigenvalue weighted by molar-refractivity contribution is -0.668. The summed E-state index contributed by atoms with van der Waals surface area (Å²) in [5.74, 6) is -71.0. The molecule has 24 heteroatoms. The molecule has 2 N–H and O–H groups in total. The number of phenolic OH excluding ortho intramolecular Hbond substituents is 1. The molecule has 0 amide bonds. The van der Waals surface area contributed by atoms with E-state index in [-0.39, 0.29) is 11.6 Å². The smallest absolute Gasteiger partial charge is 0.366 e. The molecule has 0 bridgehead atoms. The van der Waals surface area contributed by atoms with Gasteiger partial charge in [0.25, 0.3) is 0 Å². The zero-order valence-electron chi connectivity index (χ0n) is 30.5. The minimum atomic E-state index is -7.22. The Hall–Kier alpha value is -7.01. The average molecular weight is 931 g/mol. The quantitative estimate of drug-likeness (QED) is 0.0579. The summed E-state index contributed by atoms with van der Waals surface area (Å²) in [6, 6.07) is 18.5. The number of rotatable bonds is 6. The molecule has 0 fully saturated rings. The van der Waals surface area contributed by atoms with E-state index < -0.39 is 144 Å². The highest BCUT2D eigenvalue weighted by Crippen LogP contribution is 2.31. The van der Waals surface area contributed by atoms with Gasteiger partial charge in [-0.3, -0.25) is 0 Å². The first-order chi connectivity index (χ1) is 29.9. The van der Waals surface area contributed by atoms with Crippen molar-refractivity contribution < 1.29 is 103 Å². The molecule has 64 heavy (non-hydrogen) atoms. The van der Waals surface area contributed by atoms with Crippen LogP contribution in [-0.4, -0.2) is 16.4 Å². The van der Waals surface area contributed by atoms with Crippen molar-refractivity contribution in [2.24, 2.45) is 0 Å². The van der Waals surface area contributed by atoms with Gasteiger partial charge in [0.2, 0.25) is 5.52 Å². The first kappa shape index (κ1) is 46.5. The predicted octanol–water partition coefficient (Wildman–Crippen LogP) is 8.43. The number of benzene rings is 6. The number of fused-ring (bicyclic) bond motifs is 1. The van der Waals surface area contributed by atoms with Gasteiger partial charge >= 0.3 is 5.88 Å².